The number of halogens is 6. The van der Waals surface area contributed by atoms with E-state index < -0.39 is 51.6 Å². The van der Waals surface area contributed by atoms with Gasteiger partial charge in [0.15, 0.2) is 0 Å². The monoisotopic (exact) mass is 841 g/mol. The molecule has 0 aliphatic carbocycles. The third-order valence-electron chi connectivity index (χ3n) is 9.89. The molecule has 5 rings (SSSR count). The van der Waals surface area contributed by atoms with E-state index in [-0.39, 0.29) is 0 Å². The summed E-state index contributed by atoms with van der Waals surface area (Å²) < 4.78 is 97.5. The summed E-state index contributed by atoms with van der Waals surface area (Å²) in [6.45, 7) is 23.7. The van der Waals surface area contributed by atoms with Crippen molar-refractivity contribution in [3.63, 3.8) is 0 Å². The van der Waals surface area contributed by atoms with Crippen molar-refractivity contribution in [1.82, 2.24) is 0 Å². The summed E-state index contributed by atoms with van der Waals surface area (Å²) in [4.78, 5) is 0. The first-order valence-corrected chi connectivity index (χ1v) is 20.8. The Bertz CT molecular complexity index is 2030. The lowest BCUT2D eigenvalue weighted by atomic mass is 10.1. The molecule has 2 unspecified atom stereocenters. The first kappa shape index (κ1) is 47.2. The topological polar surface area (TPSA) is 68.2 Å². The van der Waals surface area contributed by atoms with Crippen molar-refractivity contribution in [3.05, 3.63) is 133 Å². The quantitative estimate of drug-likeness (QED) is 0.0745. The van der Waals surface area contributed by atoms with Crippen LogP contribution in [-0.2, 0) is 0 Å². The van der Waals surface area contributed by atoms with Gasteiger partial charge < -0.3 is 24.2 Å². The van der Waals surface area contributed by atoms with Crippen LogP contribution >= 0.6 is 7.26 Å². The Morgan fingerprint density at radius 3 is 0.949 bits per heavy atom. The zero-order chi connectivity index (χ0) is 44.3. The average molecular weight is 842 g/mol. The molecule has 5 aromatic rings. The van der Waals surface area contributed by atoms with Gasteiger partial charge in [0.05, 0.1) is 0 Å². The SMILES string of the molecule is Cc1cc(C)c(OB(O)O)c(C)c1.Cc1cc(C)c([P+](c2cc(OC(F)C(F)F)cc(OC(F)C(F)F)c2)(c2c(C)cc(C)cc2C)c2c(C)cc(C)cc2C)c(C)c1. The van der Waals surface area contributed by atoms with Crippen molar-refractivity contribution in [2.24, 2.45) is 0 Å². The molecule has 316 valence electrons. The lowest BCUT2D eigenvalue weighted by Crippen LogP contribution is -2.44. The first-order chi connectivity index (χ1) is 27.5. The molecular formula is C46H53BF6O5P+. The number of rotatable bonds is 12. The highest BCUT2D eigenvalue weighted by Crippen LogP contribution is 2.59. The maximum atomic E-state index is 14.5. The molecule has 59 heavy (non-hydrogen) atoms. The zero-order valence-corrected chi connectivity index (χ0v) is 36.5. The molecule has 0 saturated heterocycles. The van der Waals surface area contributed by atoms with Crippen LogP contribution in [0.1, 0.15) is 66.8 Å². The number of alkyl halides is 6. The smallest absolute Gasteiger partial charge is 0.512 e. The highest BCUT2D eigenvalue weighted by molar-refractivity contribution is 8.02. The van der Waals surface area contributed by atoms with E-state index >= 15 is 0 Å². The molecule has 0 bridgehead atoms. The van der Waals surface area contributed by atoms with E-state index in [2.05, 4.69) is 36.4 Å². The van der Waals surface area contributed by atoms with E-state index in [1.807, 2.05) is 95.2 Å². The van der Waals surface area contributed by atoms with Gasteiger partial charge in [-0.1, -0.05) is 70.8 Å². The summed E-state index contributed by atoms with van der Waals surface area (Å²) in [6, 6.07) is 20.2. The second-order valence-electron chi connectivity index (χ2n) is 15.4. The second-order valence-corrected chi connectivity index (χ2v) is 18.6. The molecule has 0 fully saturated rings. The van der Waals surface area contributed by atoms with E-state index in [1.54, 1.807) is 0 Å². The van der Waals surface area contributed by atoms with Crippen LogP contribution in [-0.4, -0.2) is 42.9 Å². The molecule has 0 aromatic heterocycles. The summed E-state index contributed by atoms with van der Waals surface area (Å²) in [5, 5.41) is 20.7. The molecule has 0 aliphatic heterocycles. The van der Waals surface area contributed by atoms with Gasteiger partial charge in [0.2, 0.25) is 0 Å². The Balaban J connectivity index is 0.000000502. The summed E-state index contributed by atoms with van der Waals surface area (Å²) in [7, 11) is -4.91. The molecule has 0 saturated carbocycles. The fourth-order valence-electron chi connectivity index (χ4n) is 8.53. The average Bonchev–Trinajstić information content (AvgIpc) is 3.08. The summed E-state index contributed by atoms with van der Waals surface area (Å²) >= 11 is 0. The predicted molar refractivity (Wildman–Crippen MR) is 228 cm³/mol. The van der Waals surface area contributed by atoms with Crippen LogP contribution in [0.5, 0.6) is 17.2 Å². The Morgan fingerprint density at radius 1 is 0.424 bits per heavy atom. The molecule has 2 atom stereocenters. The van der Waals surface area contributed by atoms with Crippen molar-refractivity contribution in [2.75, 3.05) is 0 Å². The van der Waals surface area contributed by atoms with Gasteiger partial charge in [0.1, 0.15) is 45.7 Å². The minimum absolute atomic E-state index is 0.390. The van der Waals surface area contributed by atoms with Crippen LogP contribution in [0.15, 0.2) is 66.7 Å². The third kappa shape index (κ3) is 10.6. The van der Waals surface area contributed by atoms with Crippen LogP contribution in [0.4, 0.5) is 26.3 Å². The zero-order valence-electron chi connectivity index (χ0n) is 35.6. The van der Waals surface area contributed by atoms with Crippen molar-refractivity contribution >= 4 is 35.8 Å². The fraction of sp³-hybridized carbons (Fsp3) is 0.348. The normalized spacial score (nSPS) is 12.6. The molecule has 0 aliphatic rings. The van der Waals surface area contributed by atoms with Crippen LogP contribution in [0.25, 0.3) is 0 Å². The molecule has 13 heteroatoms. The minimum atomic E-state index is -3.48. The lowest BCUT2D eigenvalue weighted by Gasteiger charge is -2.35. The molecule has 5 aromatic carbocycles. The van der Waals surface area contributed by atoms with Crippen molar-refractivity contribution in [3.8, 4) is 17.2 Å². The molecule has 0 spiro atoms. The van der Waals surface area contributed by atoms with Crippen LogP contribution in [0, 0.1) is 83.1 Å². The molecule has 2 N–H and O–H groups in total. The molecular weight excluding hydrogens is 788 g/mol. The van der Waals surface area contributed by atoms with Crippen molar-refractivity contribution in [2.45, 2.75) is 109 Å². The Hall–Kier alpha value is -4.51. The molecule has 5 nitrogen and oxygen atoms in total. The fourth-order valence-corrected chi connectivity index (χ4v) is 14.2. The first-order valence-electron chi connectivity index (χ1n) is 19.1. The third-order valence-corrected chi connectivity index (χ3v) is 15.0. The van der Waals surface area contributed by atoms with E-state index in [0.29, 0.717) is 11.1 Å². The Morgan fingerprint density at radius 2 is 0.695 bits per heavy atom. The van der Waals surface area contributed by atoms with Gasteiger partial charge in [0, 0.05) is 18.2 Å². The van der Waals surface area contributed by atoms with Crippen LogP contribution in [0.3, 0.4) is 0 Å². The largest absolute Gasteiger partial charge is 0.707 e. The number of ether oxygens (including phenoxy) is 2. The van der Waals surface area contributed by atoms with Crippen LogP contribution < -0.4 is 35.3 Å². The van der Waals surface area contributed by atoms with Crippen molar-refractivity contribution in [1.29, 1.82) is 0 Å². The lowest BCUT2D eigenvalue weighted by molar-refractivity contribution is -0.0704. The number of benzene rings is 5. The van der Waals surface area contributed by atoms with Gasteiger partial charge in [-0.05, 0) is 128 Å². The Labute approximate surface area is 344 Å². The molecule has 0 amide bonds. The summed E-state index contributed by atoms with van der Waals surface area (Å²) in [5.74, 6) is -0.239. The standard InChI is InChI=1S/C37H40F6O2P.C9H13BO3/c1-19-10-22(4)31(23(5)11-19)46(32-24(6)12-20(2)13-25(32)7,33-26(8)14-21(3)15-27(33)9)30-17-28(44-36(42)34(38)39)16-29(18-30)45-37(43)35(40)41;1-6-4-7(2)9(8(3)5-6)13-10(11)12/h10-18,34-37H,1-9H3;4-5,11-12H,1-3H3/q+1;. The maximum absolute atomic E-state index is 14.5. The Kier molecular flexibility index (Phi) is 15.4. The molecule has 0 heterocycles. The summed E-state index contributed by atoms with van der Waals surface area (Å²) in [6.07, 6.45) is -13.0. The summed E-state index contributed by atoms with van der Waals surface area (Å²) in [5.41, 5.74) is 11.7. The van der Waals surface area contributed by atoms with Gasteiger partial charge in [-0.3, -0.25) is 0 Å². The van der Waals surface area contributed by atoms with E-state index in [9.17, 15) is 26.3 Å². The van der Waals surface area contributed by atoms with Crippen molar-refractivity contribution < 1.29 is 50.5 Å². The van der Waals surface area contributed by atoms with E-state index in [0.717, 1.165) is 88.7 Å². The minimum Gasteiger partial charge on any atom is -0.512 e. The highest BCUT2D eigenvalue weighted by atomic mass is 31.2. The highest BCUT2D eigenvalue weighted by Gasteiger charge is 2.54. The van der Waals surface area contributed by atoms with Gasteiger partial charge in [-0.25, -0.2) is 17.6 Å². The van der Waals surface area contributed by atoms with Crippen LogP contribution in [0.2, 0.25) is 0 Å². The van der Waals surface area contributed by atoms with E-state index in [1.165, 1.54) is 12.1 Å². The molecule has 0 radical (unpaired) electrons. The second kappa shape index (κ2) is 19.3. The number of aryl methyl sites for hydroxylation is 12. The van der Waals surface area contributed by atoms with Gasteiger partial charge >= 0.3 is 20.2 Å². The number of hydrogen-bond acceptors (Lipinski definition) is 5. The number of hydrogen-bond donors (Lipinski definition) is 2. The maximum Gasteiger partial charge on any atom is 0.707 e. The van der Waals surface area contributed by atoms with Gasteiger partial charge in [-0.15, -0.1) is 0 Å². The van der Waals surface area contributed by atoms with E-state index in [4.69, 9.17) is 24.2 Å². The van der Waals surface area contributed by atoms with Gasteiger partial charge in [0.25, 0.3) is 12.7 Å². The van der Waals surface area contributed by atoms with Gasteiger partial charge in [-0.2, -0.15) is 8.78 Å². The predicted octanol–water partition coefficient (Wildman–Crippen LogP) is 9.92.